The van der Waals surface area contributed by atoms with E-state index in [2.05, 4.69) is 38.1 Å². The van der Waals surface area contributed by atoms with Gasteiger partial charge >= 0.3 is 0 Å². The van der Waals surface area contributed by atoms with Gasteiger partial charge in [0.25, 0.3) is 5.91 Å². The summed E-state index contributed by atoms with van der Waals surface area (Å²) in [4.78, 5) is 28.1. The molecule has 0 aromatic heterocycles. The summed E-state index contributed by atoms with van der Waals surface area (Å²) in [6, 6.07) is 8.40. The molecule has 1 aliphatic heterocycles. The molecule has 188 valence electrons. The number of carbonyl (C=O) groups excluding carboxylic acids is 2. The summed E-state index contributed by atoms with van der Waals surface area (Å²) in [5.74, 6) is -0.364. The first-order chi connectivity index (χ1) is 16.8. The van der Waals surface area contributed by atoms with Crippen molar-refractivity contribution in [1.29, 1.82) is 5.26 Å². The maximum absolute atomic E-state index is 13.1. The van der Waals surface area contributed by atoms with Crippen molar-refractivity contribution >= 4 is 40.1 Å². The fourth-order valence-corrected chi connectivity index (χ4v) is 5.22. The first-order valence-electron chi connectivity index (χ1n) is 12.0. The van der Waals surface area contributed by atoms with Gasteiger partial charge in [0, 0.05) is 24.3 Å². The number of nitrogens with one attached hydrogen (secondary N) is 2. The smallest absolute Gasteiger partial charge is 0.251 e. The van der Waals surface area contributed by atoms with Crippen molar-refractivity contribution in [3.63, 3.8) is 0 Å². The van der Waals surface area contributed by atoms with E-state index in [4.69, 9.17) is 10.00 Å². The van der Waals surface area contributed by atoms with Crippen LogP contribution in [0.4, 0.5) is 5.69 Å². The van der Waals surface area contributed by atoms with Gasteiger partial charge in [0.05, 0.1) is 22.7 Å². The summed E-state index contributed by atoms with van der Waals surface area (Å²) < 4.78 is 4.87. The zero-order valence-corrected chi connectivity index (χ0v) is 22.4. The molecule has 1 saturated heterocycles. The summed E-state index contributed by atoms with van der Waals surface area (Å²) in [6.07, 6.45) is 4.28. The molecule has 8 nitrogen and oxygen atoms in total. The lowest BCUT2D eigenvalue weighted by Crippen LogP contribution is -2.47. The van der Waals surface area contributed by atoms with E-state index in [-0.39, 0.29) is 12.5 Å². The number of halogens is 1. The number of morpholine rings is 1. The molecule has 2 atom stereocenters. The molecule has 2 aliphatic rings. The molecular weight excluding hydrogens is 559 g/mol. The van der Waals surface area contributed by atoms with Crippen LogP contribution in [0.1, 0.15) is 49.9 Å². The minimum Gasteiger partial charge on any atom is -0.511 e. The van der Waals surface area contributed by atoms with Gasteiger partial charge in [0.1, 0.15) is 18.3 Å². The van der Waals surface area contributed by atoms with Crippen LogP contribution in [-0.2, 0) is 9.53 Å². The van der Waals surface area contributed by atoms with Crippen LogP contribution >= 0.6 is 22.6 Å². The average Bonchev–Trinajstić information content (AvgIpc) is 2.89. The molecule has 0 bridgehead atoms. The fraction of sp³-hybridized carbons (Fsp3) is 0.500. The number of ether oxygens (including phenoxy) is 1. The van der Waals surface area contributed by atoms with E-state index in [9.17, 15) is 14.7 Å². The Bertz CT molecular complexity index is 1020. The topological polar surface area (TPSA) is 115 Å². The summed E-state index contributed by atoms with van der Waals surface area (Å²) in [6.45, 7) is 6.85. The third-order valence-corrected chi connectivity index (χ3v) is 8.06. The highest BCUT2D eigenvalue weighted by molar-refractivity contribution is 14.1. The van der Waals surface area contributed by atoms with E-state index >= 15 is 0 Å². The SMILES string of the molecule is CCC1=C(O)C(I)(CC)C=C(CC(NC(=O)c2ccc(N3CCOCC3)cc2)C(=O)NCC#N)C1. The number of hydrogen-bond donors (Lipinski definition) is 3. The normalized spacial score (nSPS) is 21.1. The number of carbonyl (C=O) groups is 2. The lowest BCUT2D eigenvalue weighted by atomic mass is 9.84. The van der Waals surface area contributed by atoms with Crippen LogP contribution in [0.3, 0.4) is 0 Å². The maximum Gasteiger partial charge on any atom is 0.251 e. The van der Waals surface area contributed by atoms with Gasteiger partial charge in [-0.2, -0.15) is 5.26 Å². The van der Waals surface area contributed by atoms with Crippen molar-refractivity contribution < 1.29 is 19.4 Å². The molecular formula is C26H33IN4O4. The van der Waals surface area contributed by atoms with Crippen molar-refractivity contribution in [3.8, 4) is 6.07 Å². The number of benzene rings is 1. The number of amides is 2. The van der Waals surface area contributed by atoms with Crippen LogP contribution in [0.5, 0.6) is 0 Å². The van der Waals surface area contributed by atoms with Crippen molar-refractivity contribution in [2.45, 2.75) is 49.0 Å². The van der Waals surface area contributed by atoms with Crippen molar-refractivity contribution in [2.75, 3.05) is 37.7 Å². The lowest BCUT2D eigenvalue weighted by molar-refractivity contribution is -0.122. The van der Waals surface area contributed by atoms with Gasteiger partial charge in [-0.05, 0) is 55.5 Å². The van der Waals surface area contributed by atoms with E-state index in [0.717, 1.165) is 29.9 Å². The first kappa shape index (κ1) is 27.0. The largest absolute Gasteiger partial charge is 0.511 e. The molecule has 1 heterocycles. The number of rotatable bonds is 9. The minimum atomic E-state index is -0.836. The molecule has 2 unspecified atom stereocenters. The Labute approximate surface area is 220 Å². The molecule has 0 radical (unpaired) electrons. The monoisotopic (exact) mass is 592 g/mol. The number of allylic oxidation sites excluding steroid dienone is 2. The molecule has 1 aliphatic carbocycles. The van der Waals surface area contributed by atoms with Crippen LogP contribution in [0.15, 0.2) is 47.2 Å². The van der Waals surface area contributed by atoms with E-state index in [1.165, 1.54) is 0 Å². The highest BCUT2D eigenvalue weighted by Crippen LogP contribution is 2.42. The highest BCUT2D eigenvalue weighted by atomic mass is 127. The van der Waals surface area contributed by atoms with Gasteiger partial charge in [-0.25, -0.2) is 0 Å². The van der Waals surface area contributed by atoms with Crippen LogP contribution in [0, 0.1) is 11.3 Å². The number of aliphatic hydroxyl groups is 1. The van der Waals surface area contributed by atoms with Crippen LogP contribution in [0.25, 0.3) is 0 Å². The standard InChI is InChI=1S/C26H33IN4O4/c1-3-19-15-18(17-26(27,4-2)23(19)32)16-22(25(34)29-10-9-28)30-24(33)20-5-7-21(8-6-20)31-11-13-35-14-12-31/h5-8,17,22,32H,3-4,10-16H2,1-2H3,(H,29,34)(H,30,33). The van der Waals surface area contributed by atoms with Gasteiger partial charge in [-0.15, -0.1) is 0 Å². The molecule has 3 N–H and O–H groups in total. The predicted molar refractivity (Wildman–Crippen MR) is 144 cm³/mol. The molecule has 2 amide bonds. The van der Waals surface area contributed by atoms with Gasteiger partial charge < -0.3 is 25.4 Å². The molecule has 1 aromatic rings. The maximum atomic E-state index is 13.1. The van der Waals surface area contributed by atoms with Gasteiger partial charge in [-0.1, -0.05) is 48.1 Å². The van der Waals surface area contributed by atoms with Crippen LogP contribution in [0.2, 0.25) is 0 Å². The van der Waals surface area contributed by atoms with E-state index < -0.39 is 15.4 Å². The van der Waals surface area contributed by atoms with Crippen molar-refractivity contribution in [1.82, 2.24) is 10.6 Å². The molecule has 35 heavy (non-hydrogen) atoms. The third kappa shape index (κ3) is 6.76. The second kappa shape index (κ2) is 12.4. The number of aliphatic hydroxyl groups excluding tert-OH is 1. The number of nitrogens with zero attached hydrogens (tertiary/aromatic N) is 2. The average molecular weight is 592 g/mol. The number of hydrogen-bond acceptors (Lipinski definition) is 6. The Kier molecular flexibility index (Phi) is 9.57. The Morgan fingerprint density at radius 2 is 1.94 bits per heavy atom. The van der Waals surface area contributed by atoms with E-state index in [1.54, 1.807) is 12.1 Å². The fourth-order valence-electron chi connectivity index (χ4n) is 4.40. The summed E-state index contributed by atoms with van der Waals surface area (Å²) in [5.41, 5.74) is 3.41. The zero-order chi connectivity index (χ0) is 25.4. The van der Waals surface area contributed by atoms with Gasteiger partial charge in [0.15, 0.2) is 0 Å². The molecule has 0 saturated carbocycles. The summed E-state index contributed by atoms with van der Waals surface area (Å²) in [7, 11) is 0. The number of anilines is 1. The van der Waals surface area contributed by atoms with Crippen molar-refractivity contribution in [2.24, 2.45) is 0 Å². The minimum absolute atomic E-state index is 0.134. The van der Waals surface area contributed by atoms with Gasteiger partial charge in [-0.3, -0.25) is 9.59 Å². The van der Waals surface area contributed by atoms with Crippen LogP contribution < -0.4 is 15.5 Å². The van der Waals surface area contributed by atoms with Crippen molar-refractivity contribution in [3.05, 3.63) is 52.8 Å². The quantitative estimate of drug-likeness (QED) is 0.174. The number of alkyl halides is 1. The third-order valence-electron chi connectivity index (χ3n) is 6.48. The first-order valence-corrected chi connectivity index (χ1v) is 13.1. The summed E-state index contributed by atoms with van der Waals surface area (Å²) in [5, 5.41) is 25.0. The molecule has 9 heteroatoms. The van der Waals surface area contributed by atoms with E-state index in [1.807, 2.05) is 38.1 Å². The van der Waals surface area contributed by atoms with E-state index in [0.29, 0.717) is 50.2 Å². The Hall–Kier alpha value is -2.58. The summed E-state index contributed by atoms with van der Waals surface area (Å²) >= 11 is 2.25. The molecule has 0 spiro atoms. The highest BCUT2D eigenvalue weighted by Gasteiger charge is 2.35. The Morgan fingerprint density at radius 3 is 2.54 bits per heavy atom. The molecule has 1 fully saturated rings. The Morgan fingerprint density at radius 1 is 1.26 bits per heavy atom. The van der Waals surface area contributed by atoms with Gasteiger partial charge in [0.2, 0.25) is 5.91 Å². The molecule has 3 rings (SSSR count). The van der Waals surface area contributed by atoms with Crippen LogP contribution in [-0.4, -0.2) is 59.2 Å². The number of nitriles is 1. The Balaban J connectivity index is 1.76. The second-order valence-corrected chi connectivity index (χ2v) is 10.7. The lowest BCUT2D eigenvalue weighted by Gasteiger charge is -2.32. The predicted octanol–water partition coefficient (Wildman–Crippen LogP) is 3.79. The zero-order valence-electron chi connectivity index (χ0n) is 20.3. The second-order valence-electron chi connectivity index (χ2n) is 8.75. The molecule has 1 aromatic carbocycles.